The van der Waals surface area contributed by atoms with E-state index in [9.17, 15) is 0 Å². The molecule has 1 N–H and O–H groups in total. The minimum absolute atomic E-state index is 0.241. The lowest BCUT2D eigenvalue weighted by Crippen LogP contribution is -2.31. The zero-order chi connectivity index (χ0) is 16.1. The molecule has 23 heavy (non-hydrogen) atoms. The summed E-state index contributed by atoms with van der Waals surface area (Å²) < 4.78 is 6.03. The minimum atomic E-state index is -0.241. The van der Waals surface area contributed by atoms with Crippen molar-refractivity contribution in [1.82, 2.24) is 5.32 Å². The van der Waals surface area contributed by atoms with E-state index in [1.807, 2.05) is 6.07 Å². The van der Waals surface area contributed by atoms with Crippen LogP contribution in [0.15, 0.2) is 60.7 Å². The highest BCUT2D eigenvalue weighted by Gasteiger charge is 2.25. The Bertz CT molecular complexity index is 673. The van der Waals surface area contributed by atoms with E-state index in [1.54, 1.807) is 0 Å². The molecule has 0 bridgehead atoms. The molecule has 1 heterocycles. The molecule has 3 rings (SSSR count). The maximum absolute atomic E-state index is 6.03. The molecule has 120 valence electrons. The van der Waals surface area contributed by atoms with Crippen LogP contribution in [0.4, 0.5) is 0 Å². The zero-order valence-electron chi connectivity index (χ0n) is 14.0. The molecule has 0 saturated heterocycles. The Morgan fingerprint density at radius 1 is 0.957 bits per heavy atom. The first kappa shape index (κ1) is 15.8. The first-order valence-electron chi connectivity index (χ1n) is 8.39. The molecule has 2 aromatic rings. The standard InChI is InChI=1S/C21H25NO/c1-21(2)15-18(19-12-6-7-13-20(19)23-21)16-22-14-8-11-17-9-4-3-5-10-17/h3-7,9-10,12-13,15,22H,8,11,14,16H2,1-2H3. The van der Waals surface area contributed by atoms with Crippen LogP contribution in [-0.2, 0) is 6.42 Å². The van der Waals surface area contributed by atoms with Crippen LogP contribution in [0.5, 0.6) is 5.75 Å². The summed E-state index contributed by atoms with van der Waals surface area (Å²) in [7, 11) is 0. The van der Waals surface area contributed by atoms with Gasteiger partial charge in [0, 0.05) is 12.1 Å². The third-order valence-corrected chi connectivity index (χ3v) is 4.11. The van der Waals surface area contributed by atoms with Crippen molar-refractivity contribution in [2.24, 2.45) is 0 Å². The largest absolute Gasteiger partial charge is 0.483 e. The highest BCUT2D eigenvalue weighted by atomic mass is 16.5. The molecule has 2 aromatic carbocycles. The molecule has 0 radical (unpaired) electrons. The summed E-state index contributed by atoms with van der Waals surface area (Å²) in [6.45, 7) is 6.13. The van der Waals surface area contributed by atoms with Crippen LogP contribution >= 0.6 is 0 Å². The lowest BCUT2D eigenvalue weighted by molar-refractivity contribution is 0.158. The van der Waals surface area contributed by atoms with Crippen molar-refractivity contribution in [1.29, 1.82) is 0 Å². The number of aryl methyl sites for hydroxylation is 1. The highest BCUT2D eigenvalue weighted by Crippen LogP contribution is 2.35. The van der Waals surface area contributed by atoms with E-state index in [4.69, 9.17) is 4.74 Å². The summed E-state index contributed by atoms with van der Waals surface area (Å²) in [6, 6.07) is 19.0. The third kappa shape index (κ3) is 4.23. The van der Waals surface area contributed by atoms with E-state index in [2.05, 4.69) is 73.8 Å². The van der Waals surface area contributed by atoms with Gasteiger partial charge in [0.15, 0.2) is 0 Å². The molecule has 0 aromatic heterocycles. The number of nitrogens with one attached hydrogen (secondary N) is 1. The highest BCUT2D eigenvalue weighted by molar-refractivity contribution is 5.74. The van der Waals surface area contributed by atoms with Crippen LogP contribution in [0, 0.1) is 0 Å². The fourth-order valence-electron chi connectivity index (χ4n) is 3.06. The van der Waals surface area contributed by atoms with E-state index < -0.39 is 0 Å². The number of ether oxygens (including phenoxy) is 1. The molecule has 0 saturated carbocycles. The van der Waals surface area contributed by atoms with Gasteiger partial charge in [-0.25, -0.2) is 0 Å². The molecule has 0 fully saturated rings. The Morgan fingerprint density at radius 2 is 1.70 bits per heavy atom. The van der Waals surface area contributed by atoms with Gasteiger partial charge in [-0.1, -0.05) is 48.5 Å². The molecule has 0 aliphatic carbocycles. The molecular weight excluding hydrogens is 282 g/mol. The van der Waals surface area contributed by atoms with Crippen LogP contribution < -0.4 is 10.1 Å². The van der Waals surface area contributed by atoms with Gasteiger partial charge in [-0.05, 0) is 56.5 Å². The number of hydrogen-bond acceptors (Lipinski definition) is 2. The van der Waals surface area contributed by atoms with E-state index in [0.717, 1.165) is 31.7 Å². The van der Waals surface area contributed by atoms with Crippen LogP contribution in [-0.4, -0.2) is 18.7 Å². The molecular formula is C21H25NO. The molecule has 0 atom stereocenters. The lowest BCUT2D eigenvalue weighted by Gasteiger charge is -2.31. The molecule has 0 spiro atoms. The van der Waals surface area contributed by atoms with Gasteiger partial charge in [-0.15, -0.1) is 0 Å². The van der Waals surface area contributed by atoms with Crippen molar-refractivity contribution in [2.45, 2.75) is 32.3 Å². The van der Waals surface area contributed by atoms with Crippen LogP contribution in [0.25, 0.3) is 5.57 Å². The first-order chi connectivity index (χ1) is 11.1. The summed E-state index contributed by atoms with van der Waals surface area (Å²) in [5.74, 6) is 0.987. The molecule has 1 aliphatic heterocycles. The fraction of sp³-hybridized carbons (Fsp3) is 0.333. The topological polar surface area (TPSA) is 21.3 Å². The van der Waals surface area contributed by atoms with Gasteiger partial charge in [0.2, 0.25) is 0 Å². The molecule has 2 heteroatoms. The monoisotopic (exact) mass is 307 g/mol. The number of fused-ring (bicyclic) bond motifs is 1. The molecule has 1 aliphatic rings. The van der Waals surface area contributed by atoms with Gasteiger partial charge < -0.3 is 10.1 Å². The van der Waals surface area contributed by atoms with E-state index in [1.165, 1.54) is 16.7 Å². The number of rotatable bonds is 6. The maximum atomic E-state index is 6.03. The minimum Gasteiger partial charge on any atom is -0.483 e. The third-order valence-electron chi connectivity index (χ3n) is 4.11. The normalized spacial score (nSPS) is 15.5. The maximum Gasteiger partial charge on any atom is 0.128 e. The second-order valence-electron chi connectivity index (χ2n) is 6.64. The zero-order valence-corrected chi connectivity index (χ0v) is 14.0. The predicted molar refractivity (Wildman–Crippen MR) is 96.8 cm³/mol. The summed E-state index contributed by atoms with van der Waals surface area (Å²) in [6.07, 6.45) is 4.51. The molecule has 0 unspecified atom stereocenters. The van der Waals surface area contributed by atoms with Crippen molar-refractivity contribution in [2.75, 3.05) is 13.1 Å². The second kappa shape index (κ2) is 7.01. The van der Waals surface area contributed by atoms with Gasteiger partial charge in [-0.3, -0.25) is 0 Å². The van der Waals surface area contributed by atoms with Gasteiger partial charge in [0.1, 0.15) is 11.4 Å². The van der Waals surface area contributed by atoms with Crippen molar-refractivity contribution in [3.63, 3.8) is 0 Å². The average Bonchev–Trinajstić information content (AvgIpc) is 2.54. The van der Waals surface area contributed by atoms with E-state index in [0.29, 0.717) is 0 Å². The quantitative estimate of drug-likeness (QED) is 0.795. The SMILES string of the molecule is CC1(C)C=C(CNCCCc2ccccc2)c2ccccc2O1. The second-order valence-corrected chi connectivity index (χ2v) is 6.64. The smallest absolute Gasteiger partial charge is 0.128 e. The number of para-hydroxylation sites is 1. The summed E-state index contributed by atoms with van der Waals surface area (Å²) in [4.78, 5) is 0. The molecule has 2 nitrogen and oxygen atoms in total. The Morgan fingerprint density at radius 3 is 2.52 bits per heavy atom. The summed E-state index contributed by atoms with van der Waals surface area (Å²) in [5, 5.41) is 3.58. The van der Waals surface area contributed by atoms with Gasteiger partial charge >= 0.3 is 0 Å². The van der Waals surface area contributed by atoms with Crippen LogP contribution in [0.2, 0.25) is 0 Å². The van der Waals surface area contributed by atoms with E-state index >= 15 is 0 Å². The van der Waals surface area contributed by atoms with Gasteiger partial charge in [0.25, 0.3) is 0 Å². The Kier molecular flexibility index (Phi) is 4.82. The van der Waals surface area contributed by atoms with Crippen molar-refractivity contribution in [3.8, 4) is 5.75 Å². The summed E-state index contributed by atoms with van der Waals surface area (Å²) in [5.41, 5.74) is 3.71. The number of benzene rings is 2. The van der Waals surface area contributed by atoms with E-state index in [-0.39, 0.29) is 5.60 Å². The van der Waals surface area contributed by atoms with Crippen molar-refractivity contribution >= 4 is 5.57 Å². The lowest BCUT2D eigenvalue weighted by atomic mass is 9.94. The van der Waals surface area contributed by atoms with Crippen molar-refractivity contribution < 1.29 is 4.74 Å². The van der Waals surface area contributed by atoms with Crippen molar-refractivity contribution in [3.05, 3.63) is 71.8 Å². The Hall–Kier alpha value is -2.06. The Labute approximate surface area is 139 Å². The first-order valence-corrected chi connectivity index (χ1v) is 8.39. The van der Waals surface area contributed by atoms with Crippen LogP contribution in [0.3, 0.4) is 0 Å². The molecule has 0 amide bonds. The number of hydrogen-bond donors (Lipinski definition) is 1. The Balaban J connectivity index is 1.54. The van der Waals surface area contributed by atoms with Gasteiger partial charge in [-0.2, -0.15) is 0 Å². The van der Waals surface area contributed by atoms with Gasteiger partial charge in [0.05, 0.1) is 0 Å². The average molecular weight is 307 g/mol. The van der Waals surface area contributed by atoms with Crippen LogP contribution in [0.1, 0.15) is 31.4 Å². The summed E-state index contributed by atoms with van der Waals surface area (Å²) >= 11 is 0. The predicted octanol–water partition coefficient (Wildman–Crippen LogP) is 4.46. The fourth-order valence-corrected chi connectivity index (χ4v) is 3.06.